The number of carbonyl (C=O) groups excluding carboxylic acids is 2. The highest BCUT2D eigenvalue weighted by Crippen LogP contribution is 2.25. The summed E-state index contributed by atoms with van der Waals surface area (Å²) in [6, 6.07) is 21.7. The quantitative estimate of drug-likeness (QED) is 0.479. The van der Waals surface area contributed by atoms with Crippen molar-refractivity contribution >= 4 is 21.9 Å². The Morgan fingerprint density at radius 2 is 1.53 bits per heavy atom. The number of hydrogen-bond donors (Lipinski definition) is 2. The second kappa shape index (κ2) is 10.6. The van der Waals surface area contributed by atoms with Crippen LogP contribution in [0.5, 0.6) is 11.5 Å². The number of esters is 1. The zero-order valence-electron chi connectivity index (χ0n) is 17.1. The van der Waals surface area contributed by atoms with Gasteiger partial charge in [-0.2, -0.15) is 0 Å². The fraction of sp³-hybridized carbons (Fsp3) is 0.130. The van der Waals surface area contributed by atoms with Crippen LogP contribution >= 0.6 is 0 Å². The molecular formula is C23H22N2O6S. The number of benzene rings is 3. The van der Waals surface area contributed by atoms with E-state index in [9.17, 15) is 18.0 Å². The predicted molar refractivity (Wildman–Crippen MR) is 118 cm³/mol. The molecule has 166 valence electrons. The number of hydrogen-bond acceptors (Lipinski definition) is 6. The maximum atomic E-state index is 12.4. The van der Waals surface area contributed by atoms with Crippen molar-refractivity contribution in [3.8, 4) is 11.5 Å². The first-order valence-corrected chi connectivity index (χ1v) is 11.2. The lowest BCUT2D eigenvalue weighted by atomic mass is 10.1. The van der Waals surface area contributed by atoms with E-state index in [1.807, 2.05) is 18.2 Å². The Morgan fingerprint density at radius 3 is 2.22 bits per heavy atom. The van der Waals surface area contributed by atoms with Gasteiger partial charge in [0.1, 0.15) is 17.1 Å². The van der Waals surface area contributed by atoms with Crippen molar-refractivity contribution in [2.75, 3.05) is 13.2 Å². The van der Waals surface area contributed by atoms with Gasteiger partial charge in [-0.05, 0) is 48.4 Å². The highest BCUT2D eigenvalue weighted by atomic mass is 32.2. The van der Waals surface area contributed by atoms with Crippen LogP contribution in [0.15, 0.2) is 83.8 Å². The summed E-state index contributed by atoms with van der Waals surface area (Å²) in [5.74, 6) is -0.235. The van der Waals surface area contributed by atoms with Crippen LogP contribution in [0, 0.1) is 0 Å². The van der Waals surface area contributed by atoms with Gasteiger partial charge in [0.15, 0.2) is 6.61 Å². The molecule has 9 heteroatoms. The van der Waals surface area contributed by atoms with E-state index >= 15 is 0 Å². The van der Waals surface area contributed by atoms with E-state index in [4.69, 9.17) is 14.6 Å². The second-order valence-electron chi connectivity index (χ2n) is 6.78. The summed E-state index contributed by atoms with van der Waals surface area (Å²) >= 11 is 0. The molecule has 8 nitrogen and oxygen atoms in total. The maximum absolute atomic E-state index is 12.4. The van der Waals surface area contributed by atoms with E-state index in [0.717, 1.165) is 5.56 Å². The number of primary sulfonamides is 1. The fourth-order valence-electron chi connectivity index (χ4n) is 2.79. The van der Waals surface area contributed by atoms with E-state index < -0.39 is 28.5 Å². The van der Waals surface area contributed by atoms with E-state index in [0.29, 0.717) is 24.5 Å². The van der Waals surface area contributed by atoms with Gasteiger partial charge in [-0.15, -0.1) is 0 Å². The number of ether oxygens (including phenoxy) is 2. The first-order chi connectivity index (χ1) is 15.3. The molecule has 0 aromatic heterocycles. The van der Waals surface area contributed by atoms with Crippen LogP contribution in [0.4, 0.5) is 0 Å². The van der Waals surface area contributed by atoms with Crippen LogP contribution in [0.25, 0.3) is 0 Å². The molecule has 0 unspecified atom stereocenters. The molecular weight excluding hydrogens is 432 g/mol. The van der Waals surface area contributed by atoms with Crippen molar-refractivity contribution in [2.45, 2.75) is 11.3 Å². The van der Waals surface area contributed by atoms with Gasteiger partial charge in [-0.1, -0.05) is 42.5 Å². The molecule has 32 heavy (non-hydrogen) atoms. The van der Waals surface area contributed by atoms with Crippen molar-refractivity contribution in [3.05, 3.63) is 90.0 Å². The molecule has 0 aliphatic carbocycles. The largest absolute Gasteiger partial charge is 0.456 e. The maximum Gasteiger partial charge on any atom is 0.342 e. The SMILES string of the molecule is NS(=O)(=O)c1ccc(CCNC(=O)COC(=O)c2ccccc2Oc2ccccc2)cc1. The Hall–Kier alpha value is -3.69. The third-order valence-corrected chi connectivity index (χ3v) is 5.33. The molecule has 0 radical (unpaired) electrons. The van der Waals surface area contributed by atoms with Crippen molar-refractivity contribution in [2.24, 2.45) is 5.14 Å². The van der Waals surface area contributed by atoms with Crippen molar-refractivity contribution in [1.29, 1.82) is 0 Å². The zero-order valence-corrected chi connectivity index (χ0v) is 17.9. The van der Waals surface area contributed by atoms with Crippen molar-refractivity contribution < 1.29 is 27.5 Å². The number of para-hydroxylation sites is 2. The lowest BCUT2D eigenvalue weighted by Crippen LogP contribution is -2.30. The predicted octanol–water partition coefficient (Wildman–Crippen LogP) is 2.64. The molecule has 0 aliphatic heterocycles. The molecule has 0 spiro atoms. The third-order valence-electron chi connectivity index (χ3n) is 4.40. The average molecular weight is 455 g/mol. The highest BCUT2D eigenvalue weighted by molar-refractivity contribution is 7.89. The third kappa shape index (κ3) is 6.66. The van der Waals surface area contributed by atoms with E-state index in [1.54, 1.807) is 48.5 Å². The summed E-state index contributed by atoms with van der Waals surface area (Å²) in [4.78, 5) is 24.5. The summed E-state index contributed by atoms with van der Waals surface area (Å²) in [7, 11) is -3.74. The summed E-state index contributed by atoms with van der Waals surface area (Å²) < 4.78 is 33.4. The van der Waals surface area contributed by atoms with Crippen LogP contribution in [0.3, 0.4) is 0 Å². The first-order valence-electron chi connectivity index (χ1n) is 9.70. The second-order valence-corrected chi connectivity index (χ2v) is 8.34. The molecule has 0 saturated carbocycles. The van der Waals surface area contributed by atoms with E-state index in [1.165, 1.54) is 12.1 Å². The highest BCUT2D eigenvalue weighted by Gasteiger charge is 2.16. The standard InChI is InChI=1S/C23H22N2O6S/c24-32(28,29)19-12-10-17(11-13-19)14-15-25-22(26)16-30-23(27)20-8-4-5-9-21(20)31-18-6-2-1-3-7-18/h1-13H,14-16H2,(H,25,26)(H2,24,28,29). The summed E-state index contributed by atoms with van der Waals surface area (Å²) in [6.45, 7) is -0.151. The molecule has 3 aromatic carbocycles. The number of amides is 1. The number of carbonyl (C=O) groups is 2. The summed E-state index contributed by atoms with van der Waals surface area (Å²) in [5, 5.41) is 7.71. The molecule has 0 fully saturated rings. The molecule has 0 bridgehead atoms. The molecule has 0 atom stereocenters. The minimum Gasteiger partial charge on any atom is -0.456 e. The first kappa shape index (κ1) is 23.0. The molecule has 0 heterocycles. The van der Waals surface area contributed by atoms with Gasteiger partial charge in [0.25, 0.3) is 5.91 Å². The number of nitrogens with one attached hydrogen (secondary N) is 1. The molecule has 3 rings (SSSR count). The van der Waals surface area contributed by atoms with Gasteiger partial charge >= 0.3 is 5.97 Å². The van der Waals surface area contributed by atoms with Gasteiger partial charge < -0.3 is 14.8 Å². The topological polar surface area (TPSA) is 125 Å². The Kier molecular flexibility index (Phi) is 7.58. The Labute approximate surface area is 186 Å². The van der Waals surface area contributed by atoms with Crippen molar-refractivity contribution in [3.63, 3.8) is 0 Å². The number of nitrogens with two attached hydrogens (primary N) is 1. The Morgan fingerprint density at radius 1 is 0.875 bits per heavy atom. The Balaban J connectivity index is 1.47. The van der Waals surface area contributed by atoms with Crippen LogP contribution in [-0.4, -0.2) is 33.4 Å². The molecule has 3 N–H and O–H groups in total. The fourth-order valence-corrected chi connectivity index (χ4v) is 3.31. The number of sulfonamides is 1. The smallest absolute Gasteiger partial charge is 0.342 e. The molecule has 0 aliphatic rings. The Bertz CT molecular complexity index is 1180. The van der Waals surface area contributed by atoms with E-state index in [2.05, 4.69) is 5.32 Å². The average Bonchev–Trinajstić information content (AvgIpc) is 2.78. The molecule has 1 amide bonds. The van der Waals surface area contributed by atoms with Crippen molar-refractivity contribution in [1.82, 2.24) is 5.32 Å². The molecule has 0 saturated heterocycles. The van der Waals surface area contributed by atoms with Gasteiger partial charge in [0.2, 0.25) is 10.0 Å². The van der Waals surface area contributed by atoms with Crippen LogP contribution < -0.4 is 15.2 Å². The lowest BCUT2D eigenvalue weighted by molar-refractivity contribution is -0.124. The van der Waals surface area contributed by atoms with Gasteiger partial charge in [-0.25, -0.2) is 18.4 Å². The van der Waals surface area contributed by atoms with Gasteiger partial charge in [-0.3, -0.25) is 4.79 Å². The van der Waals surface area contributed by atoms with Crippen LogP contribution in [0.2, 0.25) is 0 Å². The summed E-state index contributed by atoms with van der Waals surface area (Å²) in [6.07, 6.45) is 0.471. The molecule has 3 aromatic rings. The zero-order chi connectivity index (χ0) is 23.0. The normalized spacial score (nSPS) is 10.9. The lowest BCUT2D eigenvalue weighted by Gasteiger charge is -2.11. The minimum atomic E-state index is -3.74. The summed E-state index contributed by atoms with van der Waals surface area (Å²) in [5.41, 5.74) is 1.03. The van der Waals surface area contributed by atoms with E-state index in [-0.39, 0.29) is 10.5 Å². The monoisotopic (exact) mass is 454 g/mol. The van der Waals surface area contributed by atoms with Gasteiger partial charge in [0.05, 0.1) is 4.90 Å². The van der Waals surface area contributed by atoms with Crippen LogP contribution in [0.1, 0.15) is 15.9 Å². The minimum absolute atomic E-state index is 0.0220. The number of rotatable bonds is 9. The van der Waals surface area contributed by atoms with Gasteiger partial charge in [0, 0.05) is 6.54 Å². The van der Waals surface area contributed by atoms with Crippen LogP contribution in [-0.2, 0) is 26.0 Å².